The van der Waals surface area contributed by atoms with Crippen LogP contribution in [0, 0.1) is 0 Å². The lowest BCUT2D eigenvalue weighted by atomic mass is 9.99. The number of nitrogens with zero attached hydrogens (tertiary/aromatic N) is 2. The second-order valence-electron chi connectivity index (χ2n) is 6.41. The van der Waals surface area contributed by atoms with E-state index < -0.39 is 9.84 Å². The second kappa shape index (κ2) is 6.42. The first-order chi connectivity index (χ1) is 10.9. The summed E-state index contributed by atoms with van der Waals surface area (Å²) < 4.78 is 23.1. The number of carbonyl (C=O) groups excluding carboxylic acids is 1. The van der Waals surface area contributed by atoms with E-state index in [2.05, 4.69) is 0 Å². The van der Waals surface area contributed by atoms with Gasteiger partial charge in [0.05, 0.1) is 18.1 Å². The Labute approximate surface area is 142 Å². The molecule has 1 saturated heterocycles. The number of sulfone groups is 1. The SMILES string of the molecule is CN(CC(=O)N1CCc2c(Cl)cccc2C1)[C@H]1CCS(=O)(=O)C1. The van der Waals surface area contributed by atoms with Gasteiger partial charge in [-0.15, -0.1) is 0 Å². The summed E-state index contributed by atoms with van der Waals surface area (Å²) in [6.07, 6.45) is 1.38. The van der Waals surface area contributed by atoms with Crippen molar-refractivity contribution >= 4 is 27.3 Å². The van der Waals surface area contributed by atoms with E-state index in [4.69, 9.17) is 11.6 Å². The van der Waals surface area contributed by atoms with Crippen LogP contribution in [0.2, 0.25) is 5.02 Å². The van der Waals surface area contributed by atoms with Gasteiger partial charge in [0.25, 0.3) is 0 Å². The molecular weight excluding hydrogens is 336 g/mol. The van der Waals surface area contributed by atoms with Crippen LogP contribution in [0.5, 0.6) is 0 Å². The summed E-state index contributed by atoms with van der Waals surface area (Å²) in [5.74, 6) is 0.434. The molecular formula is C16H21ClN2O3S. The minimum absolute atomic E-state index is 0.0439. The van der Waals surface area contributed by atoms with Gasteiger partial charge in [-0.1, -0.05) is 23.7 Å². The zero-order valence-corrected chi connectivity index (χ0v) is 14.7. The third kappa shape index (κ3) is 3.70. The molecule has 1 aromatic carbocycles. The quantitative estimate of drug-likeness (QED) is 0.820. The van der Waals surface area contributed by atoms with E-state index in [1.54, 1.807) is 0 Å². The minimum atomic E-state index is -2.93. The highest BCUT2D eigenvalue weighted by Gasteiger charge is 2.32. The third-order valence-electron chi connectivity index (χ3n) is 4.78. The molecule has 1 amide bonds. The molecule has 1 fully saturated rings. The summed E-state index contributed by atoms with van der Waals surface area (Å²) in [6, 6.07) is 5.75. The molecule has 0 aromatic heterocycles. The summed E-state index contributed by atoms with van der Waals surface area (Å²) in [4.78, 5) is 16.2. The Morgan fingerprint density at radius 2 is 2.22 bits per heavy atom. The summed E-state index contributed by atoms with van der Waals surface area (Å²) in [5.41, 5.74) is 2.23. The van der Waals surface area contributed by atoms with Gasteiger partial charge >= 0.3 is 0 Å². The van der Waals surface area contributed by atoms with Crippen molar-refractivity contribution in [1.82, 2.24) is 9.80 Å². The maximum atomic E-state index is 12.5. The molecule has 0 N–H and O–H groups in total. The summed E-state index contributed by atoms with van der Waals surface area (Å²) >= 11 is 6.20. The van der Waals surface area contributed by atoms with Crippen molar-refractivity contribution in [2.75, 3.05) is 31.6 Å². The molecule has 7 heteroatoms. The van der Waals surface area contributed by atoms with Crippen molar-refractivity contribution in [3.8, 4) is 0 Å². The number of fused-ring (bicyclic) bond motifs is 1. The van der Waals surface area contributed by atoms with Crippen molar-refractivity contribution in [2.24, 2.45) is 0 Å². The van der Waals surface area contributed by atoms with E-state index in [0.29, 0.717) is 19.5 Å². The van der Waals surface area contributed by atoms with Crippen LogP contribution in [0.25, 0.3) is 0 Å². The molecule has 2 heterocycles. The fourth-order valence-electron chi connectivity index (χ4n) is 3.34. The molecule has 23 heavy (non-hydrogen) atoms. The Bertz CT molecular complexity index is 720. The van der Waals surface area contributed by atoms with Crippen LogP contribution in [0.15, 0.2) is 18.2 Å². The number of halogens is 1. The van der Waals surface area contributed by atoms with E-state index in [1.807, 2.05) is 35.0 Å². The Morgan fingerprint density at radius 3 is 2.91 bits per heavy atom. The second-order valence-corrected chi connectivity index (χ2v) is 9.05. The van der Waals surface area contributed by atoms with Crippen LogP contribution in [-0.2, 0) is 27.6 Å². The van der Waals surface area contributed by atoms with Crippen LogP contribution in [0.4, 0.5) is 0 Å². The van der Waals surface area contributed by atoms with Gasteiger partial charge in [0.1, 0.15) is 0 Å². The van der Waals surface area contributed by atoms with Gasteiger partial charge in [0, 0.05) is 24.2 Å². The standard InChI is InChI=1S/C16H21ClN2O3S/c1-18(13-6-8-23(21,22)11-13)10-16(20)19-7-5-14-12(9-19)3-2-4-15(14)17/h2-4,13H,5-11H2,1H3/t13-/m0/s1. The predicted octanol–water partition coefficient (Wildman–Crippen LogP) is 1.34. The number of rotatable bonds is 3. The molecule has 1 atom stereocenters. The molecule has 2 aliphatic heterocycles. The zero-order valence-electron chi connectivity index (χ0n) is 13.2. The maximum absolute atomic E-state index is 12.5. The molecule has 2 aliphatic rings. The van der Waals surface area contributed by atoms with Crippen LogP contribution < -0.4 is 0 Å². The average molecular weight is 357 g/mol. The topological polar surface area (TPSA) is 57.7 Å². The lowest BCUT2D eigenvalue weighted by Crippen LogP contribution is -2.44. The first-order valence-corrected chi connectivity index (χ1v) is 10.0. The van der Waals surface area contributed by atoms with Gasteiger partial charge in [0.2, 0.25) is 5.91 Å². The molecule has 0 radical (unpaired) electrons. The highest BCUT2D eigenvalue weighted by molar-refractivity contribution is 7.91. The first kappa shape index (κ1) is 16.7. The Kier molecular flexibility index (Phi) is 4.67. The fraction of sp³-hybridized carbons (Fsp3) is 0.562. The van der Waals surface area contributed by atoms with Crippen LogP contribution >= 0.6 is 11.6 Å². The van der Waals surface area contributed by atoms with Gasteiger partial charge < -0.3 is 4.90 Å². The summed E-state index contributed by atoms with van der Waals surface area (Å²) in [5, 5.41) is 0.767. The van der Waals surface area contributed by atoms with E-state index in [9.17, 15) is 13.2 Å². The molecule has 0 bridgehead atoms. The minimum Gasteiger partial charge on any atom is -0.337 e. The van der Waals surface area contributed by atoms with E-state index in [-0.39, 0.29) is 30.0 Å². The molecule has 5 nitrogen and oxygen atoms in total. The molecule has 0 aliphatic carbocycles. The van der Waals surface area contributed by atoms with Gasteiger partial charge in [0.15, 0.2) is 9.84 Å². The van der Waals surface area contributed by atoms with Gasteiger partial charge in [-0.05, 0) is 37.1 Å². The average Bonchev–Trinajstić information content (AvgIpc) is 2.87. The number of carbonyl (C=O) groups is 1. The monoisotopic (exact) mass is 356 g/mol. The van der Waals surface area contributed by atoms with Gasteiger partial charge in [-0.25, -0.2) is 8.42 Å². The summed E-state index contributed by atoms with van der Waals surface area (Å²) in [7, 11) is -1.10. The van der Waals surface area contributed by atoms with Gasteiger partial charge in [-0.3, -0.25) is 9.69 Å². The van der Waals surface area contributed by atoms with Crippen molar-refractivity contribution in [3.63, 3.8) is 0 Å². The van der Waals surface area contributed by atoms with Gasteiger partial charge in [-0.2, -0.15) is 0 Å². The smallest absolute Gasteiger partial charge is 0.237 e. The largest absolute Gasteiger partial charge is 0.337 e. The van der Waals surface area contributed by atoms with E-state index in [0.717, 1.165) is 22.6 Å². The maximum Gasteiger partial charge on any atom is 0.237 e. The molecule has 0 saturated carbocycles. The van der Waals surface area contributed by atoms with E-state index in [1.165, 1.54) is 0 Å². The number of hydrogen-bond donors (Lipinski definition) is 0. The number of hydrogen-bond acceptors (Lipinski definition) is 4. The lowest BCUT2D eigenvalue weighted by Gasteiger charge is -2.32. The molecule has 126 valence electrons. The van der Waals surface area contributed by atoms with Crippen LogP contribution in [-0.4, -0.2) is 61.8 Å². The molecule has 1 aromatic rings. The highest BCUT2D eigenvalue weighted by Crippen LogP contribution is 2.26. The Morgan fingerprint density at radius 1 is 1.43 bits per heavy atom. The Balaban J connectivity index is 1.61. The third-order valence-corrected chi connectivity index (χ3v) is 6.88. The molecule has 0 unspecified atom stereocenters. The number of amides is 1. The lowest BCUT2D eigenvalue weighted by molar-refractivity contribution is -0.133. The van der Waals surface area contributed by atoms with Crippen molar-refractivity contribution in [2.45, 2.75) is 25.4 Å². The van der Waals surface area contributed by atoms with E-state index >= 15 is 0 Å². The van der Waals surface area contributed by atoms with Crippen molar-refractivity contribution in [3.05, 3.63) is 34.3 Å². The predicted molar refractivity (Wildman–Crippen MR) is 90.3 cm³/mol. The molecule has 3 rings (SSSR count). The zero-order chi connectivity index (χ0) is 16.6. The Hall–Kier alpha value is -1.11. The summed E-state index contributed by atoms with van der Waals surface area (Å²) in [6.45, 7) is 1.49. The van der Waals surface area contributed by atoms with Crippen LogP contribution in [0.3, 0.4) is 0 Å². The highest BCUT2D eigenvalue weighted by atomic mass is 35.5. The number of benzene rings is 1. The fourth-order valence-corrected chi connectivity index (χ4v) is 5.44. The first-order valence-electron chi connectivity index (χ1n) is 7.80. The van der Waals surface area contributed by atoms with Crippen molar-refractivity contribution in [1.29, 1.82) is 0 Å². The molecule has 0 spiro atoms. The van der Waals surface area contributed by atoms with Crippen LogP contribution in [0.1, 0.15) is 17.5 Å². The normalized spacial score (nSPS) is 23.1. The van der Waals surface area contributed by atoms with Crippen molar-refractivity contribution < 1.29 is 13.2 Å². The number of likely N-dealkylation sites (N-methyl/N-ethyl adjacent to an activating group) is 1.